The molecule has 94 valence electrons. The Morgan fingerprint density at radius 2 is 1.89 bits per heavy atom. The third kappa shape index (κ3) is 3.82. The maximum atomic E-state index is 5.58. The third-order valence-electron chi connectivity index (χ3n) is 2.42. The number of nitrogens with zero attached hydrogens (tertiary/aromatic N) is 2. The molecule has 0 fully saturated rings. The summed E-state index contributed by atoms with van der Waals surface area (Å²) in [4.78, 5) is 8.52. The van der Waals surface area contributed by atoms with Gasteiger partial charge in [0.2, 0.25) is 0 Å². The highest BCUT2D eigenvalue weighted by Gasteiger charge is 1.98. The number of benzene rings is 1. The number of ether oxygens (including phenoxy) is 1. The molecule has 2 aromatic rings. The molecule has 0 radical (unpaired) electrons. The second-order valence-corrected chi connectivity index (χ2v) is 3.90. The lowest BCUT2D eigenvalue weighted by molar-refractivity contribution is 0.104. The molecule has 1 heterocycles. The van der Waals surface area contributed by atoms with Gasteiger partial charge in [-0.3, -0.25) is 4.98 Å². The first kappa shape index (κ1) is 12.5. The first-order valence-electron chi connectivity index (χ1n) is 6.05. The summed E-state index contributed by atoms with van der Waals surface area (Å²) in [7, 11) is 0. The minimum Gasteiger partial charge on any atom is -0.370 e. The summed E-state index contributed by atoms with van der Waals surface area (Å²) in [6, 6.07) is 10.1. The second kappa shape index (κ2) is 6.71. The molecule has 0 amide bonds. The van der Waals surface area contributed by atoms with Gasteiger partial charge in [-0.1, -0.05) is 30.3 Å². The molecule has 18 heavy (non-hydrogen) atoms. The predicted octanol–water partition coefficient (Wildman–Crippen LogP) is 2.63. The molecule has 0 unspecified atom stereocenters. The molecular formula is C14H17N3O. The molecule has 0 aliphatic rings. The summed E-state index contributed by atoms with van der Waals surface area (Å²) < 4.78 is 5.58. The molecule has 4 nitrogen and oxygen atoms in total. The summed E-state index contributed by atoms with van der Waals surface area (Å²) >= 11 is 0. The Hall–Kier alpha value is -1.94. The minimum atomic E-state index is 0.480. The molecule has 1 aromatic heterocycles. The molecule has 0 bridgehead atoms. The highest BCUT2D eigenvalue weighted by atomic mass is 16.5. The van der Waals surface area contributed by atoms with Crippen molar-refractivity contribution in [3.05, 3.63) is 54.0 Å². The Bertz CT molecular complexity index is 456. The van der Waals surface area contributed by atoms with Crippen molar-refractivity contribution < 1.29 is 4.74 Å². The first-order chi connectivity index (χ1) is 8.88. The highest BCUT2D eigenvalue weighted by Crippen LogP contribution is 2.05. The van der Waals surface area contributed by atoms with Crippen LogP contribution in [-0.4, -0.2) is 16.5 Å². The Labute approximate surface area is 107 Å². The zero-order valence-electron chi connectivity index (χ0n) is 10.5. The van der Waals surface area contributed by atoms with E-state index in [1.165, 1.54) is 0 Å². The van der Waals surface area contributed by atoms with E-state index in [0.29, 0.717) is 13.2 Å². The number of hydrogen-bond acceptors (Lipinski definition) is 4. The van der Waals surface area contributed by atoms with E-state index < -0.39 is 0 Å². The van der Waals surface area contributed by atoms with Gasteiger partial charge in [0, 0.05) is 6.54 Å². The van der Waals surface area contributed by atoms with Gasteiger partial charge >= 0.3 is 0 Å². The number of nitrogens with one attached hydrogen (secondary N) is 1. The molecular weight excluding hydrogens is 226 g/mol. The van der Waals surface area contributed by atoms with Crippen LogP contribution in [0.25, 0.3) is 0 Å². The standard InChI is InChI=1S/C14H17N3O/c1-2-15-14-9-16-13(8-17-14)11-18-10-12-6-4-3-5-7-12/h3-9H,2,10-11H2,1H3,(H,15,17). The van der Waals surface area contributed by atoms with Crippen LogP contribution >= 0.6 is 0 Å². The van der Waals surface area contributed by atoms with Gasteiger partial charge in [0.25, 0.3) is 0 Å². The number of anilines is 1. The lowest BCUT2D eigenvalue weighted by Crippen LogP contribution is -2.02. The second-order valence-electron chi connectivity index (χ2n) is 3.90. The molecule has 0 atom stereocenters. The van der Waals surface area contributed by atoms with E-state index in [4.69, 9.17) is 4.74 Å². The van der Waals surface area contributed by atoms with Crippen LogP contribution in [0.5, 0.6) is 0 Å². The lowest BCUT2D eigenvalue weighted by Gasteiger charge is -2.05. The summed E-state index contributed by atoms with van der Waals surface area (Å²) in [5.74, 6) is 0.796. The van der Waals surface area contributed by atoms with Crippen molar-refractivity contribution >= 4 is 5.82 Å². The van der Waals surface area contributed by atoms with Crippen molar-refractivity contribution in [2.45, 2.75) is 20.1 Å². The van der Waals surface area contributed by atoms with E-state index in [1.807, 2.05) is 37.3 Å². The Balaban J connectivity index is 1.80. The van der Waals surface area contributed by atoms with Gasteiger partial charge in [0.1, 0.15) is 5.82 Å². The zero-order valence-corrected chi connectivity index (χ0v) is 10.5. The highest BCUT2D eigenvalue weighted by molar-refractivity contribution is 5.30. The molecule has 2 rings (SSSR count). The van der Waals surface area contributed by atoms with Crippen molar-refractivity contribution in [1.29, 1.82) is 0 Å². The monoisotopic (exact) mass is 243 g/mol. The summed E-state index contributed by atoms with van der Waals surface area (Å²) in [5, 5.41) is 3.10. The van der Waals surface area contributed by atoms with Crippen LogP contribution in [-0.2, 0) is 18.0 Å². The fourth-order valence-electron chi connectivity index (χ4n) is 1.55. The molecule has 0 aliphatic heterocycles. The van der Waals surface area contributed by atoms with Gasteiger partial charge in [0.15, 0.2) is 0 Å². The zero-order chi connectivity index (χ0) is 12.6. The van der Waals surface area contributed by atoms with Crippen molar-refractivity contribution in [3.8, 4) is 0 Å². The van der Waals surface area contributed by atoms with E-state index in [1.54, 1.807) is 12.4 Å². The van der Waals surface area contributed by atoms with Gasteiger partial charge in [-0.2, -0.15) is 0 Å². The number of rotatable bonds is 6. The Kier molecular flexibility index (Phi) is 4.67. The Morgan fingerprint density at radius 1 is 1.06 bits per heavy atom. The van der Waals surface area contributed by atoms with Crippen LogP contribution in [0.15, 0.2) is 42.7 Å². The number of aromatic nitrogens is 2. The van der Waals surface area contributed by atoms with Crippen LogP contribution in [0.3, 0.4) is 0 Å². The largest absolute Gasteiger partial charge is 0.370 e. The first-order valence-corrected chi connectivity index (χ1v) is 6.05. The van der Waals surface area contributed by atoms with Crippen molar-refractivity contribution in [1.82, 2.24) is 9.97 Å². The average Bonchev–Trinajstić information content (AvgIpc) is 2.42. The molecule has 1 aromatic carbocycles. The summed E-state index contributed by atoms with van der Waals surface area (Å²) in [6.07, 6.45) is 3.47. The Morgan fingerprint density at radius 3 is 2.56 bits per heavy atom. The molecule has 0 saturated heterocycles. The van der Waals surface area contributed by atoms with Crippen LogP contribution in [0.4, 0.5) is 5.82 Å². The molecule has 0 spiro atoms. The van der Waals surface area contributed by atoms with Crippen molar-refractivity contribution in [2.75, 3.05) is 11.9 Å². The van der Waals surface area contributed by atoms with Gasteiger partial charge in [-0.25, -0.2) is 4.98 Å². The quantitative estimate of drug-likeness (QED) is 0.847. The molecule has 4 heteroatoms. The maximum absolute atomic E-state index is 5.58. The SMILES string of the molecule is CCNc1cnc(COCc2ccccc2)cn1. The summed E-state index contributed by atoms with van der Waals surface area (Å²) in [6.45, 7) is 3.95. The van der Waals surface area contributed by atoms with Crippen LogP contribution in [0, 0.1) is 0 Å². The van der Waals surface area contributed by atoms with Crippen molar-refractivity contribution in [2.24, 2.45) is 0 Å². The minimum absolute atomic E-state index is 0.480. The fourth-order valence-corrected chi connectivity index (χ4v) is 1.55. The van der Waals surface area contributed by atoms with E-state index >= 15 is 0 Å². The predicted molar refractivity (Wildman–Crippen MR) is 71.1 cm³/mol. The third-order valence-corrected chi connectivity index (χ3v) is 2.42. The fraction of sp³-hybridized carbons (Fsp3) is 0.286. The van der Waals surface area contributed by atoms with E-state index in [2.05, 4.69) is 15.3 Å². The van der Waals surface area contributed by atoms with Gasteiger partial charge in [-0.05, 0) is 12.5 Å². The van der Waals surface area contributed by atoms with Gasteiger partial charge < -0.3 is 10.1 Å². The average molecular weight is 243 g/mol. The number of hydrogen-bond donors (Lipinski definition) is 1. The van der Waals surface area contributed by atoms with Gasteiger partial charge in [0.05, 0.1) is 31.3 Å². The van der Waals surface area contributed by atoms with E-state index in [-0.39, 0.29) is 0 Å². The van der Waals surface area contributed by atoms with Crippen molar-refractivity contribution in [3.63, 3.8) is 0 Å². The van der Waals surface area contributed by atoms with Gasteiger partial charge in [-0.15, -0.1) is 0 Å². The summed E-state index contributed by atoms with van der Waals surface area (Å²) in [5.41, 5.74) is 2.00. The molecule has 0 aliphatic carbocycles. The maximum Gasteiger partial charge on any atom is 0.144 e. The normalized spacial score (nSPS) is 10.3. The van der Waals surface area contributed by atoms with E-state index in [9.17, 15) is 0 Å². The van der Waals surface area contributed by atoms with Crippen LogP contribution in [0.2, 0.25) is 0 Å². The topological polar surface area (TPSA) is 47.0 Å². The van der Waals surface area contributed by atoms with E-state index in [0.717, 1.165) is 23.6 Å². The molecule has 1 N–H and O–H groups in total. The smallest absolute Gasteiger partial charge is 0.144 e. The lowest BCUT2D eigenvalue weighted by atomic mass is 10.2. The van der Waals surface area contributed by atoms with Crippen LogP contribution in [0.1, 0.15) is 18.2 Å². The molecule has 0 saturated carbocycles. The van der Waals surface area contributed by atoms with Crippen LogP contribution < -0.4 is 5.32 Å².